The summed E-state index contributed by atoms with van der Waals surface area (Å²) in [6, 6.07) is 17.4. The first-order chi connectivity index (χ1) is 10.2. The highest BCUT2D eigenvalue weighted by Crippen LogP contribution is 2.17. The Labute approximate surface area is 133 Å². The van der Waals surface area contributed by atoms with E-state index in [9.17, 15) is 9.90 Å². The number of carbonyl (C=O) groups excluding carboxylic acids is 1. The molecule has 1 N–H and O–H groups in total. The molecule has 0 spiro atoms. The Morgan fingerprint density at radius 3 is 2.38 bits per heavy atom. The van der Waals surface area contributed by atoms with Crippen molar-refractivity contribution in [3.63, 3.8) is 0 Å². The monoisotopic (exact) mass is 347 g/mol. The lowest BCUT2D eigenvalue weighted by atomic mass is 10.1. The first-order valence-electron chi connectivity index (χ1n) is 6.85. The quantitative estimate of drug-likeness (QED) is 0.782. The Morgan fingerprint density at radius 1 is 1.05 bits per heavy atom. The molecular formula is C17H18BrNO2. The fourth-order valence-corrected chi connectivity index (χ4v) is 2.68. The van der Waals surface area contributed by atoms with Crippen LogP contribution in [0.2, 0.25) is 0 Å². The zero-order chi connectivity index (χ0) is 15.1. The molecule has 0 bridgehead atoms. The molecule has 2 rings (SSSR count). The number of aliphatic hydroxyl groups is 1. The van der Waals surface area contributed by atoms with E-state index in [1.165, 1.54) is 0 Å². The summed E-state index contributed by atoms with van der Waals surface area (Å²) in [6.45, 7) is 1.46. The third-order valence-corrected chi connectivity index (χ3v) is 3.90. The third kappa shape index (κ3) is 4.77. The number of aliphatic hydroxyl groups excluding tert-OH is 1. The third-order valence-electron chi connectivity index (χ3n) is 3.21. The number of ketones is 1. The highest BCUT2D eigenvalue weighted by atomic mass is 79.9. The number of hydrogen-bond acceptors (Lipinski definition) is 3. The van der Waals surface area contributed by atoms with Gasteiger partial charge in [0.15, 0.2) is 5.78 Å². The van der Waals surface area contributed by atoms with Gasteiger partial charge < -0.3 is 5.11 Å². The standard InChI is InChI=1S/C17H18BrNO2/c18-16-9-5-4-8-15(16)17(21)13-19(10-11-20)12-14-6-2-1-3-7-14/h1-9,20H,10-13H2. The van der Waals surface area contributed by atoms with Gasteiger partial charge in [-0.05, 0) is 11.6 Å². The first-order valence-corrected chi connectivity index (χ1v) is 7.65. The molecule has 21 heavy (non-hydrogen) atoms. The van der Waals surface area contributed by atoms with Crippen LogP contribution in [0.5, 0.6) is 0 Å². The van der Waals surface area contributed by atoms with E-state index in [1.54, 1.807) is 0 Å². The normalized spacial score (nSPS) is 10.8. The average Bonchev–Trinajstić information content (AvgIpc) is 2.49. The number of carbonyl (C=O) groups is 1. The Bertz CT molecular complexity index is 586. The van der Waals surface area contributed by atoms with Gasteiger partial charge >= 0.3 is 0 Å². The minimum Gasteiger partial charge on any atom is -0.395 e. The topological polar surface area (TPSA) is 40.5 Å². The van der Waals surface area contributed by atoms with Gasteiger partial charge in [-0.3, -0.25) is 9.69 Å². The summed E-state index contributed by atoms with van der Waals surface area (Å²) in [5.41, 5.74) is 1.80. The predicted molar refractivity (Wildman–Crippen MR) is 87.3 cm³/mol. The lowest BCUT2D eigenvalue weighted by molar-refractivity contribution is 0.0907. The molecule has 0 heterocycles. The molecule has 0 aromatic heterocycles. The van der Waals surface area contributed by atoms with Crippen LogP contribution >= 0.6 is 15.9 Å². The highest BCUT2D eigenvalue weighted by molar-refractivity contribution is 9.10. The first kappa shape index (κ1) is 15.9. The molecule has 0 fully saturated rings. The van der Waals surface area contributed by atoms with Gasteiger partial charge in [0, 0.05) is 23.1 Å². The smallest absolute Gasteiger partial charge is 0.177 e. The molecule has 0 aliphatic heterocycles. The van der Waals surface area contributed by atoms with Gasteiger partial charge in [0.1, 0.15) is 0 Å². The number of benzene rings is 2. The number of hydrogen-bond donors (Lipinski definition) is 1. The van der Waals surface area contributed by atoms with Gasteiger partial charge in [0.05, 0.1) is 13.2 Å². The van der Waals surface area contributed by atoms with Crippen LogP contribution < -0.4 is 0 Å². The molecule has 0 saturated heterocycles. The van der Waals surface area contributed by atoms with Crippen LogP contribution in [0.25, 0.3) is 0 Å². The molecule has 2 aromatic carbocycles. The van der Waals surface area contributed by atoms with Crippen LogP contribution in [-0.2, 0) is 6.54 Å². The molecule has 0 saturated carbocycles. The molecule has 0 atom stereocenters. The summed E-state index contributed by atoms with van der Waals surface area (Å²) >= 11 is 3.40. The number of nitrogens with zero attached hydrogens (tertiary/aromatic N) is 1. The largest absolute Gasteiger partial charge is 0.395 e. The summed E-state index contributed by atoms with van der Waals surface area (Å²) in [5.74, 6) is 0.0480. The Hall–Kier alpha value is -1.49. The lowest BCUT2D eigenvalue weighted by Crippen LogP contribution is -2.32. The number of halogens is 1. The molecule has 3 nitrogen and oxygen atoms in total. The number of Topliss-reactive ketones (excluding diaryl/α,β-unsaturated/α-hetero) is 1. The zero-order valence-corrected chi connectivity index (χ0v) is 13.3. The van der Waals surface area contributed by atoms with E-state index in [-0.39, 0.29) is 18.9 Å². The van der Waals surface area contributed by atoms with Gasteiger partial charge in [-0.25, -0.2) is 0 Å². The van der Waals surface area contributed by atoms with Crippen LogP contribution in [0.4, 0.5) is 0 Å². The van der Waals surface area contributed by atoms with Crippen molar-refractivity contribution in [1.29, 1.82) is 0 Å². The lowest BCUT2D eigenvalue weighted by Gasteiger charge is -2.20. The van der Waals surface area contributed by atoms with E-state index in [0.29, 0.717) is 18.7 Å². The number of rotatable bonds is 7. The molecule has 2 aromatic rings. The van der Waals surface area contributed by atoms with Crippen LogP contribution in [0.3, 0.4) is 0 Å². The molecular weight excluding hydrogens is 330 g/mol. The van der Waals surface area contributed by atoms with E-state index >= 15 is 0 Å². The van der Waals surface area contributed by atoms with Crippen LogP contribution in [-0.4, -0.2) is 35.5 Å². The zero-order valence-electron chi connectivity index (χ0n) is 11.7. The van der Waals surface area contributed by atoms with E-state index in [0.717, 1.165) is 10.0 Å². The molecule has 4 heteroatoms. The second kappa shape index (κ2) is 8.08. The van der Waals surface area contributed by atoms with Crippen molar-refractivity contribution in [2.24, 2.45) is 0 Å². The molecule has 0 radical (unpaired) electrons. The summed E-state index contributed by atoms with van der Waals surface area (Å²) in [5, 5.41) is 9.19. The molecule has 110 valence electrons. The Morgan fingerprint density at radius 2 is 1.71 bits per heavy atom. The Kier molecular flexibility index (Phi) is 6.11. The van der Waals surface area contributed by atoms with E-state index in [2.05, 4.69) is 15.9 Å². The van der Waals surface area contributed by atoms with Gasteiger partial charge in [-0.15, -0.1) is 0 Å². The van der Waals surface area contributed by atoms with Crippen molar-refractivity contribution in [3.8, 4) is 0 Å². The van der Waals surface area contributed by atoms with Gasteiger partial charge in [0.2, 0.25) is 0 Å². The Balaban J connectivity index is 2.06. The summed E-state index contributed by atoms with van der Waals surface area (Å²) < 4.78 is 0.804. The maximum Gasteiger partial charge on any atom is 0.177 e. The van der Waals surface area contributed by atoms with Crippen molar-refractivity contribution in [1.82, 2.24) is 4.90 Å². The second-order valence-corrected chi connectivity index (χ2v) is 5.68. The van der Waals surface area contributed by atoms with Crippen LogP contribution in [0.1, 0.15) is 15.9 Å². The maximum atomic E-state index is 12.4. The highest BCUT2D eigenvalue weighted by Gasteiger charge is 2.14. The van der Waals surface area contributed by atoms with E-state index in [4.69, 9.17) is 0 Å². The van der Waals surface area contributed by atoms with Crippen molar-refractivity contribution >= 4 is 21.7 Å². The van der Waals surface area contributed by atoms with Gasteiger partial charge in [0.25, 0.3) is 0 Å². The molecule has 0 aliphatic rings. The molecule has 0 aliphatic carbocycles. The van der Waals surface area contributed by atoms with E-state index in [1.807, 2.05) is 59.5 Å². The fourth-order valence-electron chi connectivity index (χ4n) is 2.17. The SMILES string of the molecule is O=C(CN(CCO)Cc1ccccc1)c1ccccc1Br. The fraction of sp³-hybridized carbons (Fsp3) is 0.235. The summed E-state index contributed by atoms with van der Waals surface area (Å²) in [4.78, 5) is 14.3. The van der Waals surface area contributed by atoms with Crippen LogP contribution in [0.15, 0.2) is 59.1 Å². The molecule has 0 amide bonds. The molecule has 0 unspecified atom stereocenters. The average molecular weight is 348 g/mol. The van der Waals surface area contributed by atoms with Crippen molar-refractivity contribution in [3.05, 3.63) is 70.2 Å². The summed E-state index contributed by atoms with van der Waals surface area (Å²) in [6.07, 6.45) is 0. The van der Waals surface area contributed by atoms with Crippen molar-refractivity contribution in [2.75, 3.05) is 19.7 Å². The van der Waals surface area contributed by atoms with Crippen LogP contribution in [0, 0.1) is 0 Å². The minimum absolute atomic E-state index is 0.0378. The second-order valence-electron chi connectivity index (χ2n) is 4.82. The van der Waals surface area contributed by atoms with E-state index < -0.39 is 0 Å². The van der Waals surface area contributed by atoms with Gasteiger partial charge in [-0.1, -0.05) is 64.5 Å². The maximum absolute atomic E-state index is 12.4. The van der Waals surface area contributed by atoms with Crippen molar-refractivity contribution in [2.45, 2.75) is 6.54 Å². The summed E-state index contributed by atoms with van der Waals surface area (Å²) in [7, 11) is 0. The van der Waals surface area contributed by atoms with Crippen molar-refractivity contribution < 1.29 is 9.90 Å². The minimum atomic E-state index is 0.0378. The predicted octanol–water partition coefficient (Wildman–Crippen LogP) is 3.13. The van der Waals surface area contributed by atoms with Gasteiger partial charge in [-0.2, -0.15) is 0 Å².